The molecule has 0 spiro atoms. The van der Waals surface area contributed by atoms with Gasteiger partial charge in [0.05, 0.1) is 7.11 Å². The molecule has 0 N–H and O–H groups in total. The van der Waals surface area contributed by atoms with Gasteiger partial charge in [0.25, 0.3) is 0 Å². The third kappa shape index (κ3) is 1.53. The quantitative estimate of drug-likeness (QED) is 0.743. The molecule has 1 fully saturated rings. The summed E-state index contributed by atoms with van der Waals surface area (Å²) in [5.74, 6) is 1.67. The van der Waals surface area contributed by atoms with Crippen LogP contribution >= 0.6 is 0 Å². The van der Waals surface area contributed by atoms with E-state index in [1.165, 1.54) is 36.1 Å². The summed E-state index contributed by atoms with van der Waals surface area (Å²) in [7, 11) is 1.73. The Labute approximate surface area is 96.3 Å². The van der Waals surface area contributed by atoms with Crippen molar-refractivity contribution in [1.82, 2.24) is 0 Å². The van der Waals surface area contributed by atoms with Crippen molar-refractivity contribution >= 4 is 5.71 Å². The van der Waals surface area contributed by atoms with Gasteiger partial charge in [0, 0.05) is 23.7 Å². The highest BCUT2D eigenvalue weighted by molar-refractivity contribution is 6.04. The maximum atomic E-state index is 5.30. The average Bonchev–Trinajstić information content (AvgIpc) is 2.27. The molecular formula is C14H17NO. The van der Waals surface area contributed by atoms with Crippen LogP contribution in [0.4, 0.5) is 0 Å². The lowest BCUT2D eigenvalue weighted by atomic mass is 9.77. The van der Waals surface area contributed by atoms with Gasteiger partial charge >= 0.3 is 0 Å². The van der Waals surface area contributed by atoms with E-state index in [-0.39, 0.29) is 0 Å². The van der Waals surface area contributed by atoms with E-state index in [0.29, 0.717) is 5.92 Å². The molecule has 1 saturated carbocycles. The molecule has 84 valence electrons. The molecule has 1 aliphatic heterocycles. The second-order valence-electron chi connectivity index (χ2n) is 4.67. The van der Waals surface area contributed by atoms with Crippen LogP contribution in [0.1, 0.15) is 30.4 Å². The molecule has 2 heteroatoms. The summed E-state index contributed by atoms with van der Waals surface area (Å²) in [5.41, 5.74) is 4.12. The van der Waals surface area contributed by atoms with Crippen LogP contribution in [0, 0.1) is 5.92 Å². The number of hydrogen-bond donors (Lipinski definition) is 0. The molecule has 0 aromatic heterocycles. The van der Waals surface area contributed by atoms with Gasteiger partial charge in [-0.1, -0.05) is 12.5 Å². The number of nitrogens with zero attached hydrogens (tertiary/aromatic N) is 1. The predicted octanol–water partition coefficient (Wildman–Crippen LogP) is 2.84. The Hall–Kier alpha value is -1.31. The van der Waals surface area contributed by atoms with Crippen molar-refractivity contribution in [2.45, 2.75) is 25.7 Å². The fourth-order valence-corrected chi connectivity index (χ4v) is 2.55. The van der Waals surface area contributed by atoms with Crippen LogP contribution in [0.2, 0.25) is 0 Å². The Bertz CT molecular complexity index is 432. The lowest BCUT2D eigenvalue weighted by Gasteiger charge is -2.30. The predicted molar refractivity (Wildman–Crippen MR) is 65.4 cm³/mol. The second kappa shape index (κ2) is 3.93. The van der Waals surface area contributed by atoms with E-state index in [1.807, 2.05) is 0 Å². The minimum atomic E-state index is 0.714. The van der Waals surface area contributed by atoms with Gasteiger partial charge in [0.2, 0.25) is 0 Å². The lowest BCUT2D eigenvalue weighted by Crippen LogP contribution is -2.26. The molecule has 2 aliphatic rings. The third-order valence-electron chi connectivity index (χ3n) is 3.75. The van der Waals surface area contributed by atoms with Gasteiger partial charge in [0.15, 0.2) is 0 Å². The summed E-state index contributed by atoms with van der Waals surface area (Å²) in [6, 6.07) is 6.41. The molecule has 0 atom stereocenters. The maximum Gasteiger partial charge on any atom is 0.119 e. The molecule has 1 heterocycles. The summed E-state index contributed by atoms with van der Waals surface area (Å²) < 4.78 is 5.30. The Morgan fingerprint density at radius 1 is 1.31 bits per heavy atom. The first-order valence-corrected chi connectivity index (χ1v) is 6.10. The molecule has 0 radical (unpaired) electrons. The van der Waals surface area contributed by atoms with Crippen molar-refractivity contribution < 1.29 is 4.74 Å². The van der Waals surface area contributed by atoms with Gasteiger partial charge in [0.1, 0.15) is 5.75 Å². The zero-order valence-electron chi connectivity index (χ0n) is 9.70. The van der Waals surface area contributed by atoms with Gasteiger partial charge in [-0.2, -0.15) is 0 Å². The number of methoxy groups -OCH3 is 1. The summed E-state index contributed by atoms with van der Waals surface area (Å²) in [4.78, 5) is 4.73. The minimum Gasteiger partial charge on any atom is -0.497 e. The Morgan fingerprint density at radius 2 is 2.19 bits per heavy atom. The number of rotatable bonds is 2. The molecule has 1 aromatic carbocycles. The van der Waals surface area contributed by atoms with Gasteiger partial charge in [-0.3, -0.25) is 4.99 Å². The van der Waals surface area contributed by atoms with Gasteiger partial charge in [-0.05, 0) is 37.0 Å². The average molecular weight is 215 g/mol. The van der Waals surface area contributed by atoms with Crippen LogP contribution in [-0.2, 0) is 6.42 Å². The Balaban J connectivity index is 2.01. The fraction of sp³-hybridized carbons (Fsp3) is 0.500. The number of fused-ring (bicyclic) bond motifs is 1. The highest BCUT2D eigenvalue weighted by Gasteiger charge is 2.27. The summed E-state index contributed by atoms with van der Waals surface area (Å²) in [5, 5.41) is 0. The zero-order chi connectivity index (χ0) is 11.0. The van der Waals surface area contributed by atoms with Gasteiger partial charge < -0.3 is 4.74 Å². The molecule has 3 rings (SSSR count). The molecule has 2 nitrogen and oxygen atoms in total. The zero-order valence-corrected chi connectivity index (χ0v) is 9.70. The van der Waals surface area contributed by atoms with Crippen molar-refractivity contribution in [1.29, 1.82) is 0 Å². The summed E-state index contributed by atoms with van der Waals surface area (Å²) in [6.07, 6.45) is 5.07. The van der Waals surface area contributed by atoms with E-state index in [1.54, 1.807) is 7.11 Å². The van der Waals surface area contributed by atoms with E-state index in [9.17, 15) is 0 Å². The maximum absolute atomic E-state index is 5.30. The third-order valence-corrected chi connectivity index (χ3v) is 3.75. The Morgan fingerprint density at radius 3 is 2.88 bits per heavy atom. The molecule has 0 bridgehead atoms. The first-order valence-electron chi connectivity index (χ1n) is 6.10. The second-order valence-corrected chi connectivity index (χ2v) is 4.67. The van der Waals surface area contributed by atoms with Gasteiger partial charge in [-0.15, -0.1) is 0 Å². The van der Waals surface area contributed by atoms with Crippen LogP contribution in [0.5, 0.6) is 5.75 Å². The van der Waals surface area contributed by atoms with Crippen LogP contribution < -0.4 is 4.74 Å². The van der Waals surface area contributed by atoms with E-state index in [2.05, 4.69) is 18.2 Å². The Kier molecular flexibility index (Phi) is 2.43. The molecule has 1 aliphatic carbocycles. The molecular weight excluding hydrogens is 198 g/mol. The van der Waals surface area contributed by atoms with Crippen LogP contribution in [0.3, 0.4) is 0 Å². The highest BCUT2D eigenvalue weighted by atomic mass is 16.5. The summed E-state index contributed by atoms with van der Waals surface area (Å²) >= 11 is 0. The van der Waals surface area contributed by atoms with Crippen LogP contribution in [0.25, 0.3) is 0 Å². The highest BCUT2D eigenvalue weighted by Crippen LogP contribution is 2.34. The van der Waals surface area contributed by atoms with E-state index in [4.69, 9.17) is 9.73 Å². The van der Waals surface area contributed by atoms with Crippen molar-refractivity contribution in [2.75, 3.05) is 13.7 Å². The number of ether oxygens (including phenoxy) is 1. The molecule has 0 saturated heterocycles. The van der Waals surface area contributed by atoms with E-state index in [0.717, 1.165) is 18.7 Å². The topological polar surface area (TPSA) is 21.6 Å². The summed E-state index contributed by atoms with van der Waals surface area (Å²) in [6.45, 7) is 0.963. The monoisotopic (exact) mass is 215 g/mol. The molecule has 1 aromatic rings. The van der Waals surface area contributed by atoms with Gasteiger partial charge in [-0.25, -0.2) is 0 Å². The number of hydrogen-bond acceptors (Lipinski definition) is 2. The smallest absolute Gasteiger partial charge is 0.119 e. The SMILES string of the molecule is COc1ccc2c(c1)C(C1CCC1)=NCC2. The lowest BCUT2D eigenvalue weighted by molar-refractivity contribution is 0.409. The van der Waals surface area contributed by atoms with Crippen LogP contribution in [0.15, 0.2) is 23.2 Å². The van der Waals surface area contributed by atoms with E-state index < -0.39 is 0 Å². The number of aliphatic imine (C=N–C) groups is 1. The van der Waals surface area contributed by atoms with Crippen LogP contribution in [-0.4, -0.2) is 19.4 Å². The normalized spacial score (nSPS) is 19.7. The molecule has 0 unspecified atom stereocenters. The first-order chi connectivity index (χ1) is 7.88. The first kappa shape index (κ1) is 9.88. The van der Waals surface area contributed by atoms with Crippen molar-refractivity contribution in [3.8, 4) is 5.75 Å². The van der Waals surface area contributed by atoms with Crippen molar-refractivity contribution in [2.24, 2.45) is 10.9 Å². The van der Waals surface area contributed by atoms with E-state index >= 15 is 0 Å². The van der Waals surface area contributed by atoms with Crippen molar-refractivity contribution in [3.63, 3.8) is 0 Å². The molecule has 16 heavy (non-hydrogen) atoms. The largest absolute Gasteiger partial charge is 0.497 e. The fourth-order valence-electron chi connectivity index (χ4n) is 2.55. The molecule has 0 amide bonds. The minimum absolute atomic E-state index is 0.714. The standard InChI is InChI=1S/C14H17NO/c1-16-12-6-5-10-7-8-15-14(13(10)9-12)11-3-2-4-11/h5-6,9,11H,2-4,7-8H2,1H3. The van der Waals surface area contributed by atoms with Crippen molar-refractivity contribution in [3.05, 3.63) is 29.3 Å². The number of benzene rings is 1.